The molecule has 1 aliphatic heterocycles. The Morgan fingerprint density at radius 3 is 1.19 bits per heavy atom. The fourth-order valence-electron chi connectivity index (χ4n) is 6.93. The van der Waals surface area contributed by atoms with Crippen LogP contribution in [0.2, 0.25) is 0 Å². The van der Waals surface area contributed by atoms with Gasteiger partial charge in [0.25, 0.3) is 0 Å². The molecule has 1 saturated heterocycles. The van der Waals surface area contributed by atoms with Gasteiger partial charge in [-0.05, 0) is 147 Å². The third-order valence-electron chi connectivity index (χ3n) is 11.3. The lowest BCUT2D eigenvalue weighted by atomic mass is 9.85. The maximum absolute atomic E-state index is 6.86. The Labute approximate surface area is 284 Å². The Morgan fingerprint density at radius 2 is 0.851 bits per heavy atom. The zero-order valence-electron chi connectivity index (χ0n) is 30.8. The van der Waals surface area contributed by atoms with E-state index in [0.717, 1.165) is 22.6 Å². The summed E-state index contributed by atoms with van der Waals surface area (Å²) >= 11 is 0. The van der Waals surface area contributed by atoms with E-state index in [0.29, 0.717) is 11.8 Å². The highest BCUT2D eigenvalue weighted by Crippen LogP contribution is 2.50. The number of hydrogen-bond donors (Lipinski definition) is 0. The first-order valence-electron chi connectivity index (χ1n) is 17.6. The Morgan fingerprint density at radius 1 is 0.468 bits per heavy atom. The molecule has 250 valence electrons. The van der Waals surface area contributed by atoms with Crippen LogP contribution < -0.4 is 9.47 Å². The zero-order valence-corrected chi connectivity index (χ0v) is 30.8. The molecule has 0 aliphatic carbocycles. The highest BCUT2D eigenvalue weighted by Gasteiger charge is 2.41. The van der Waals surface area contributed by atoms with Crippen LogP contribution in [0.4, 0.5) is 0 Å². The van der Waals surface area contributed by atoms with Gasteiger partial charge < -0.3 is 14.2 Å². The molecule has 4 aromatic carbocycles. The van der Waals surface area contributed by atoms with E-state index in [1.165, 1.54) is 44.5 Å². The molecule has 0 saturated carbocycles. The predicted molar refractivity (Wildman–Crippen MR) is 196 cm³/mol. The Hall–Kier alpha value is -3.56. The molecule has 0 bridgehead atoms. The average molecular weight is 633 g/mol. The van der Waals surface area contributed by atoms with Crippen molar-refractivity contribution in [2.75, 3.05) is 0 Å². The minimum atomic E-state index is 0.0321. The lowest BCUT2D eigenvalue weighted by Crippen LogP contribution is -2.20. The average Bonchev–Trinajstić information content (AvgIpc) is 3.34. The van der Waals surface area contributed by atoms with Crippen molar-refractivity contribution >= 4 is 0 Å². The van der Waals surface area contributed by atoms with Gasteiger partial charge in [-0.2, -0.15) is 0 Å². The summed E-state index contributed by atoms with van der Waals surface area (Å²) in [6, 6.07) is 26.7. The molecule has 0 spiro atoms. The van der Waals surface area contributed by atoms with Gasteiger partial charge in [-0.3, -0.25) is 0 Å². The summed E-state index contributed by atoms with van der Waals surface area (Å²) in [7, 11) is 0. The molecule has 4 aromatic rings. The highest BCUT2D eigenvalue weighted by atomic mass is 16.5. The van der Waals surface area contributed by atoms with Crippen molar-refractivity contribution in [3.05, 3.63) is 128 Å². The first kappa shape index (κ1) is 34.8. The van der Waals surface area contributed by atoms with Crippen LogP contribution in [0.5, 0.6) is 11.5 Å². The van der Waals surface area contributed by atoms with Crippen LogP contribution in [0.3, 0.4) is 0 Å². The minimum absolute atomic E-state index is 0.0321. The molecule has 8 atom stereocenters. The molecule has 3 nitrogen and oxygen atoms in total. The standard InChI is InChI=1S/C44H56O3/c1-25-13-15-37(21-27(25)3)33(9)35(11)45-41-19-17-39(23-29(41)5)43-31(7)32(8)44(47-43)40-18-20-42(30(6)24-40)46-36(12)34(10)38-16-14-26(2)28(4)22-38/h13-24,31-36,43-44H,1-12H3. The van der Waals surface area contributed by atoms with Crippen molar-refractivity contribution in [1.29, 1.82) is 0 Å². The van der Waals surface area contributed by atoms with Gasteiger partial charge in [-0.15, -0.1) is 0 Å². The summed E-state index contributed by atoms with van der Waals surface area (Å²) in [4.78, 5) is 0. The molecular formula is C44H56O3. The second kappa shape index (κ2) is 14.3. The van der Waals surface area contributed by atoms with Crippen molar-refractivity contribution in [1.82, 2.24) is 0 Å². The fourth-order valence-corrected chi connectivity index (χ4v) is 6.93. The summed E-state index contributed by atoms with van der Waals surface area (Å²) in [5, 5.41) is 0. The van der Waals surface area contributed by atoms with Gasteiger partial charge in [0.15, 0.2) is 0 Å². The second-order valence-electron chi connectivity index (χ2n) is 14.7. The minimum Gasteiger partial charge on any atom is -0.490 e. The number of rotatable bonds is 10. The summed E-state index contributed by atoms with van der Waals surface area (Å²) in [5.41, 5.74) is 12.7. The Bertz CT molecular complexity index is 1580. The van der Waals surface area contributed by atoms with Crippen LogP contribution in [0.1, 0.15) is 121 Å². The molecule has 0 aromatic heterocycles. The molecule has 1 fully saturated rings. The molecule has 0 amide bonds. The van der Waals surface area contributed by atoms with Crippen LogP contribution in [-0.4, -0.2) is 12.2 Å². The molecule has 0 radical (unpaired) electrons. The van der Waals surface area contributed by atoms with E-state index < -0.39 is 0 Å². The molecule has 1 aliphatic rings. The van der Waals surface area contributed by atoms with E-state index in [1.807, 2.05) is 0 Å². The van der Waals surface area contributed by atoms with E-state index in [2.05, 4.69) is 156 Å². The lowest BCUT2D eigenvalue weighted by molar-refractivity contribution is 0.0289. The second-order valence-corrected chi connectivity index (χ2v) is 14.7. The quantitative estimate of drug-likeness (QED) is 0.174. The number of hydrogen-bond acceptors (Lipinski definition) is 3. The van der Waals surface area contributed by atoms with E-state index in [1.54, 1.807) is 0 Å². The Kier molecular flexibility index (Phi) is 10.6. The monoisotopic (exact) mass is 632 g/mol. The van der Waals surface area contributed by atoms with Gasteiger partial charge in [-0.1, -0.05) is 76.2 Å². The number of benzene rings is 4. The normalized spacial score (nSPS) is 22.0. The summed E-state index contributed by atoms with van der Waals surface area (Å²) in [5.74, 6) is 3.23. The molecule has 47 heavy (non-hydrogen) atoms. The van der Waals surface area contributed by atoms with E-state index in [4.69, 9.17) is 14.2 Å². The number of ether oxygens (including phenoxy) is 3. The topological polar surface area (TPSA) is 27.7 Å². The molecule has 0 N–H and O–H groups in total. The lowest BCUT2D eigenvalue weighted by Gasteiger charge is -2.25. The van der Waals surface area contributed by atoms with Gasteiger partial charge in [0, 0.05) is 11.8 Å². The predicted octanol–water partition coefficient (Wildman–Crippen LogP) is 11.8. The molecular weight excluding hydrogens is 576 g/mol. The van der Waals surface area contributed by atoms with Gasteiger partial charge >= 0.3 is 0 Å². The SMILES string of the molecule is Cc1ccc(C(C)C(C)Oc2ccc(C3OC(c4ccc(OC(C)C(C)c5ccc(C)c(C)c5)c(C)c4)C(C)C3C)cc2C)cc1C. The van der Waals surface area contributed by atoms with Crippen LogP contribution in [0.25, 0.3) is 0 Å². The summed E-state index contributed by atoms with van der Waals surface area (Å²) in [6.45, 7) is 26.5. The largest absolute Gasteiger partial charge is 0.490 e. The van der Waals surface area contributed by atoms with Crippen molar-refractivity contribution in [2.45, 2.75) is 119 Å². The molecule has 8 unspecified atom stereocenters. The highest BCUT2D eigenvalue weighted by molar-refractivity contribution is 5.41. The van der Waals surface area contributed by atoms with Crippen molar-refractivity contribution in [2.24, 2.45) is 11.8 Å². The van der Waals surface area contributed by atoms with Crippen molar-refractivity contribution in [3.63, 3.8) is 0 Å². The number of aryl methyl sites for hydroxylation is 6. The van der Waals surface area contributed by atoms with Gasteiger partial charge in [0.1, 0.15) is 23.7 Å². The molecule has 1 heterocycles. The maximum atomic E-state index is 6.86. The first-order chi connectivity index (χ1) is 22.2. The van der Waals surface area contributed by atoms with E-state index in [9.17, 15) is 0 Å². The van der Waals surface area contributed by atoms with Gasteiger partial charge in [0.2, 0.25) is 0 Å². The van der Waals surface area contributed by atoms with Crippen LogP contribution in [0, 0.1) is 53.4 Å². The van der Waals surface area contributed by atoms with E-state index >= 15 is 0 Å². The fraction of sp³-hybridized carbons (Fsp3) is 0.455. The van der Waals surface area contributed by atoms with Crippen LogP contribution >= 0.6 is 0 Å². The van der Waals surface area contributed by atoms with Crippen molar-refractivity contribution in [3.8, 4) is 11.5 Å². The Balaban J connectivity index is 1.25. The zero-order chi connectivity index (χ0) is 34.2. The van der Waals surface area contributed by atoms with Gasteiger partial charge in [0.05, 0.1) is 12.2 Å². The van der Waals surface area contributed by atoms with Gasteiger partial charge in [-0.25, -0.2) is 0 Å². The molecule has 3 heteroatoms. The smallest absolute Gasteiger partial charge is 0.122 e. The third kappa shape index (κ3) is 7.46. The van der Waals surface area contributed by atoms with Crippen LogP contribution in [-0.2, 0) is 4.74 Å². The third-order valence-corrected chi connectivity index (χ3v) is 11.3. The first-order valence-corrected chi connectivity index (χ1v) is 17.6. The van der Waals surface area contributed by atoms with Crippen molar-refractivity contribution < 1.29 is 14.2 Å². The maximum Gasteiger partial charge on any atom is 0.122 e. The van der Waals surface area contributed by atoms with Crippen LogP contribution in [0.15, 0.2) is 72.8 Å². The summed E-state index contributed by atoms with van der Waals surface area (Å²) < 4.78 is 19.9. The van der Waals surface area contributed by atoms with E-state index in [-0.39, 0.29) is 36.3 Å². The molecule has 5 rings (SSSR count). The summed E-state index contributed by atoms with van der Waals surface area (Å²) in [6.07, 6.45) is 0.177.